The number of nitrogens with zero attached hydrogens (tertiary/aromatic N) is 2. The van der Waals surface area contributed by atoms with Gasteiger partial charge in [0.05, 0.1) is 10.5 Å². The number of anilines is 1. The van der Waals surface area contributed by atoms with Crippen LogP contribution in [0.25, 0.3) is 0 Å². The second-order valence-electron chi connectivity index (χ2n) is 6.84. The molecule has 8 heteroatoms. The molecule has 0 spiro atoms. The summed E-state index contributed by atoms with van der Waals surface area (Å²) in [4.78, 5) is 16.9. The summed E-state index contributed by atoms with van der Waals surface area (Å²) in [6.07, 6.45) is 3.52. The van der Waals surface area contributed by atoms with E-state index in [1.165, 1.54) is 18.5 Å². The third-order valence-corrected chi connectivity index (χ3v) is 6.49. The molecule has 0 radical (unpaired) electrons. The van der Waals surface area contributed by atoms with E-state index in [2.05, 4.69) is 10.3 Å². The van der Waals surface area contributed by atoms with E-state index in [0.717, 1.165) is 32.8 Å². The predicted molar refractivity (Wildman–Crippen MR) is 112 cm³/mol. The zero-order valence-electron chi connectivity index (χ0n) is 16.6. The number of carbonyl (C=O) groups excluding carboxylic acids is 1. The zero-order chi connectivity index (χ0) is 21.2. The van der Waals surface area contributed by atoms with Crippen molar-refractivity contribution in [3.05, 3.63) is 76.7 Å². The average molecular weight is 413 g/mol. The largest absolute Gasteiger partial charge is 0.384 e. The highest BCUT2D eigenvalue weighted by Crippen LogP contribution is 2.17. The van der Waals surface area contributed by atoms with Gasteiger partial charge in [0, 0.05) is 24.6 Å². The molecule has 2 aromatic heterocycles. The summed E-state index contributed by atoms with van der Waals surface area (Å²) >= 11 is 0. The van der Waals surface area contributed by atoms with Gasteiger partial charge in [0.25, 0.3) is 15.9 Å². The van der Waals surface area contributed by atoms with Crippen molar-refractivity contribution in [1.82, 2.24) is 14.3 Å². The predicted octanol–water partition coefficient (Wildman–Crippen LogP) is 2.81. The third-order valence-electron chi connectivity index (χ3n) is 4.84. The quantitative estimate of drug-likeness (QED) is 0.647. The highest BCUT2D eigenvalue weighted by atomic mass is 32.2. The fourth-order valence-corrected chi connectivity index (χ4v) is 4.30. The van der Waals surface area contributed by atoms with Gasteiger partial charge >= 0.3 is 0 Å². The molecule has 0 saturated heterocycles. The Morgan fingerprint density at radius 1 is 1.17 bits per heavy atom. The maximum Gasteiger partial charge on any atom is 0.267 e. The number of hydrogen-bond acceptors (Lipinski definition) is 5. The van der Waals surface area contributed by atoms with E-state index in [4.69, 9.17) is 5.73 Å². The SMILES string of the molecule is CCc1ccc(S(=O)(=O)n2ccc(C(=O)NCc3c(C)cc(N)nc3C)c2)cc1. The number of amides is 1. The van der Waals surface area contributed by atoms with Gasteiger partial charge in [0.2, 0.25) is 0 Å². The average Bonchev–Trinajstić information content (AvgIpc) is 3.18. The fourth-order valence-electron chi connectivity index (χ4n) is 3.11. The molecular weight excluding hydrogens is 388 g/mol. The lowest BCUT2D eigenvalue weighted by Gasteiger charge is -2.11. The van der Waals surface area contributed by atoms with Gasteiger partial charge in [-0.1, -0.05) is 19.1 Å². The van der Waals surface area contributed by atoms with Crippen LogP contribution in [-0.2, 0) is 23.0 Å². The van der Waals surface area contributed by atoms with Crippen molar-refractivity contribution >= 4 is 21.7 Å². The van der Waals surface area contributed by atoms with Gasteiger partial charge in [-0.2, -0.15) is 0 Å². The first-order chi connectivity index (χ1) is 13.7. The summed E-state index contributed by atoms with van der Waals surface area (Å²) in [6, 6.07) is 9.96. The number of rotatable bonds is 6. The smallest absolute Gasteiger partial charge is 0.267 e. The summed E-state index contributed by atoms with van der Waals surface area (Å²) in [5.41, 5.74) is 9.61. The van der Waals surface area contributed by atoms with Gasteiger partial charge in [0.1, 0.15) is 5.82 Å². The van der Waals surface area contributed by atoms with E-state index < -0.39 is 10.0 Å². The maximum absolute atomic E-state index is 12.8. The maximum atomic E-state index is 12.8. The highest BCUT2D eigenvalue weighted by molar-refractivity contribution is 7.90. The first kappa shape index (κ1) is 20.6. The van der Waals surface area contributed by atoms with Crippen LogP contribution in [0.1, 0.15) is 39.7 Å². The Bertz CT molecular complexity index is 1130. The summed E-state index contributed by atoms with van der Waals surface area (Å²) in [7, 11) is -3.75. The summed E-state index contributed by atoms with van der Waals surface area (Å²) in [6.45, 7) is 6.01. The number of hydrogen-bond donors (Lipinski definition) is 2. The topological polar surface area (TPSA) is 107 Å². The van der Waals surface area contributed by atoms with E-state index in [1.54, 1.807) is 30.3 Å². The number of nitrogens with two attached hydrogens (primary N) is 1. The molecule has 0 aliphatic carbocycles. The number of carbonyl (C=O) groups is 1. The Morgan fingerprint density at radius 2 is 1.86 bits per heavy atom. The van der Waals surface area contributed by atoms with E-state index in [1.807, 2.05) is 20.8 Å². The van der Waals surface area contributed by atoms with Crippen molar-refractivity contribution < 1.29 is 13.2 Å². The molecule has 0 bridgehead atoms. The molecule has 0 aliphatic heterocycles. The number of pyridine rings is 1. The molecule has 29 heavy (non-hydrogen) atoms. The molecule has 0 atom stereocenters. The molecule has 1 amide bonds. The van der Waals surface area contributed by atoms with Gasteiger partial charge in [-0.05, 0) is 61.2 Å². The molecule has 0 saturated carbocycles. The van der Waals surface area contributed by atoms with Crippen LogP contribution >= 0.6 is 0 Å². The van der Waals surface area contributed by atoms with Gasteiger partial charge < -0.3 is 11.1 Å². The van der Waals surface area contributed by atoms with Gasteiger partial charge in [-0.3, -0.25) is 4.79 Å². The molecule has 3 rings (SSSR count). The molecule has 3 aromatic rings. The monoisotopic (exact) mass is 412 g/mol. The highest BCUT2D eigenvalue weighted by Gasteiger charge is 2.18. The van der Waals surface area contributed by atoms with Crippen LogP contribution in [0.15, 0.2) is 53.7 Å². The van der Waals surface area contributed by atoms with Crippen LogP contribution in [0.5, 0.6) is 0 Å². The summed E-state index contributed by atoms with van der Waals surface area (Å²) in [5, 5.41) is 2.81. The lowest BCUT2D eigenvalue weighted by atomic mass is 10.1. The van der Waals surface area contributed by atoms with Crippen molar-refractivity contribution in [1.29, 1.82) is 0 Å². The van der Waals surface area contributed by atoms with Crippen LogP contribution in [0, 0.1) is 13.8 Å². The van der Waals surface area contributed by atoms with Crippen molar-refractivity contribution in [2.75, 3.05) is 5.73 Å². The van der Waals surface area contributed by atoms with Gasteiger partial charge in [-0.25, -0.2) is 17.4 Å². The molecule has 3 N–H and O–H groups in total. The van der Waals surface area contributed by atoms with Crippen LogP contribution in [-0.4, -0.2) is 23.3 Å². The third kappa shape index (κ3) is 4.32. The minimum Gasteiger partial charge on any atom is -0.384 e. The molecule has 0 unspecified atom stereocenters. The Balaban J connectivity index is 1.76. The second kappa shape index (κ2) is 8.08. The first-order valence-electron chi connectivity index (χ1n) is 9.25. The Kier molecular flexibility index (Phi) is 5.74. The molecule has 1 aromatic carbocycles. The number of benzene rings is 1. The van der Waals surface area contributed by atoms with Crippen LogP contribution in [0.3, 0.4) is 0 Å². The molecule has 2 heterocycles. The van der Waals surface area contributed by atoms with Crippen molar-refractivity contribution in [2.24, 2.45) is 0 Å². The van der Waals surface area contributed by atoms with Crippen LogP contribution in [0.2, 0.25) is 0 Å². The number of nitrogens with one attached hydrogen (secondary N) is 1. The van der Waals surface area contributed by atoms with Crippen molar-refractivity contribution in [3.63, 3.8) is 0 Å². The van der Waals surface area contributed by atoms with Crippen LogP contribution < -0.4 is 11.1 Å². The Morgan fingerprint density at radius 3 is 2.48 bits per heavy atom. The fraction of sp³-hybridized carbons (Fsp3) is 0.238. The minimum absolute atomic E-state index is 0.177. The van der Waals surface area contributed by atoms with Crippen LogP contribution in [0.4, 0.5) is 5.82 Å². The Hall–Kier alpha value is -3.13. The Labute approximate surface area is 170 Å². The van der Waals surface area contributed by atoms with Gasteiger partial charge in [0.15, 0.2) is 0 Å². The zero-order valence-corrected chi connectivity index (χ0v) is 17.5. The number of aromatic nitrogens is 2. The second-order valence-corrected chi connectivity index (χ2v) is 8.69. The van der Waals surface area contributed by atoms with E-state index in [9.17, 15) is 13.2 Å². The van der Waals surface area contributed by atoms with Crippen molar-refractivity contribution in [3.8, 4) is 0 Å². The summed E-state index contributed by atoms with van der Waals surface area (Å²) in [5.74, 6) is 0.0697. The molecule has 0 fully saturated rings. The molecule has 152 valence electrons. The summed E-state index contributed by atoms with van der Waals surface area (Å²) < 4.78 is 26.6. The standard InChI is InChI=1S/C21H24N4O3S/c1-4-16-5-7-18(8-6-16)29(27,28)25-10-9-17(13-25)21(26)23-12-19-14(2)11-20(22)24-15(19)3/h5-11,13H,4,12H2,1-3H3,(H2,22,24)(H,23,26). The molecule has 0 aliphatic rings. The van der Waals surface area contributed by atoms with E-state index >= 15 is 0 Å². The van der Waals surface area contributed by atoms with Gasteiger partial charge in [-0.15, -0.1) is 0 Å². The van der Waals surface area contributed by atoms with E-state index in [0.29, 0.717) is 5.82 Å². The van der Waals surface area contributed by atoms with E-state index in [-0.39, 0.29) is 22.9 Å². The van der Waals surface area contributed by atoms with Crippen molar-refractivity contribution in [2.45, 2.75) is 38.6 Å². The lowest BCUT2D eigenvalue weighted by Crippen LogP contribution is -2.24. The molecule has 7 nitrogen and oxygen atoms in total. The lowest BCUT2D eigenvalue weighted by molar-refractivity contribution is 0.0951. The number of nitrogen functional groups attached to an aromatic ring is 1. The normalized spacial score (nSPS) is 11.4. The number of aryl methyl sites for hydroxylation is 3. The first-order valence-corrected chi connectivity index (χ1v) is 10.7. The minimum atomic E-state index is -3.75. The molecular formula is C21H24N4O3S.